The molecule has 1 saturated carbocycles. The zero-order valence-electron chi connectivity index (χ0n) is 17.8. The van der Waals surface area contributed by atoms with Gasteiger partial charge in [-0.15, -0.1) is 0 Å². The number of hydrogen-bond donors (Lipinski definition) is 1. The smallest absolute Gasteiger partial charge is 0.264 e. The van der Waals surface area contributed by atoms with Crippen molar-refractivity contribution >= 4 is 39.1 Å². The highest BCUT2D eigenvalue weighted by Crippen LogP contribution is 2.66. The Morgan fingerprint density at radius 1 is 1.09 bits per heavy atom. The second kappa shape index (κ2) is 7.71. The summed E-state index contributed by atoms with van der Waals surface area (Å²) < 4.78 is 24.8. The molecule has 1 spiro atoms. The van der Waals surface area contributed by atoms with E-state index >= 15 is 0 Å². The van der Waals surface area contributed by atoms with Crippen molar-refractivity contribution in [2.24, 2.45) is 0 Å². The number of carbonyl (C=O) groups excluding carboxylic acids is 2. The zero-order chi connectivity index (χ0) is 23.4. The van der Waals surface area contributed by atoms with Gasteiger partial charge in [0.05, 0.1) is 18.2 Å². The van der Waals surface area contributed by atoms with Crippen molar-refractivity contribution in [2.75, 3.05) is 11.2 Å². The van der Waals surface area contributed by atoms with Gasteiger partial charge in [-0.05, 0) is 53.4 Å². The largest absolute Gasteiger partial charge is 0.307 e. The summed E-state index contributed by atoms with van der Waals surface area (Å²) in [6.45, 7) is 0.283. The molecule has 0 aromatic heterocycles. The van der Waals surface area contributed by atoms with Crippen molar-refractivity contribution in [3.63, 3.8) is 0 Å². The number of rotatable bonds is 5. The number of carbonyl (C=O) groups is 2. The van der Waals surface area contributed by atoms with Gasteiger partial charge in [-0.2, -0.15) is 0 Å². The molecule has 6 nitrogen and oxygen atoms in total. The van der Waals surface area contributed by atoms with E-state index in [1.54, 1.807) is 23.1 Å². The first-order chi connectivity index (χ1) is 15.7. The highest BCUT2D eigenvalue weighted by atomic mass is 35.5. The summed E-state index contributed by atoms with van der Waals surface area (Å²) in [5.41, 5.74) is 3.34. The first-order valence-corrected chi connectivity index (χ1v) is 12.7. The predicted octanol–water partition coefficient (Wildman–Crippen LogP) is 4.00. The first-order valence-electron chi connectivity index (χ1n) is 10.5. The fraction of sp³-hybridized carbons (Fsp3) is 0.200. The SMILES string of the molecule is CS(=O)(=O)NC(=O)c1cccc(CN2C(=O)C3(CC3c3ccc(Cl)cc3)c3ccccc32)c1. The van der Waals surface area contributed by atoms with Crippen LogP contribution in [0.15, 0.2) is 72.8 Å². The van der Waals surface area contributed by atoms with Crippen molar-refractivity contribution in [2.45, 2.75) is 24.3 Å². The van der Waals surface area contributed by atoms with Crippen LogP contribution in [0.3, 0.4) is 0 Å². The molecule has 0 saturated heterocycles. The standard InChI is InChI=1S/C25H21ClN2O4S/c1-33(31,32)27-23(29)18-6-4-5-16(13-18)15-28-22-8-3-2-7-20(22)25(24(28)30)14-21(25)17-9-11-19(26)12-10-17/h2-13,21H,14-15H2,1H3,(H,27,29). The fourth-order valence-electron chi connectivity index (χ4n) is 4.82. The van der Waals surface area contributed by atoms with Crippen molar-refractivity contribution in [3.05, 3.63) is 100 Å². The Morgan fingerprint density at radius 3 is 2.55 bits per heavy atom. The molecule has 1 N–H and O–H groups in total. The maximum atomic E-state index is 13.7. The van der Waals surface area contributed by atoms with E-state index in [-0.39, 0.29) is 23.9 Å². The third-order valence-corrected chi connectivity index (χ3v) is 7.15. The van der Waals surface area contributed by atoms with Gasteiger partial charge in [0, 0.05) is 22.2 Å². The van der Waals surface area contributed by atoms with E-state index in [1.165, 1.54) is 0 Å². The van der Waals surface area contributed by atoms with Crippen LogP contribution in [0, 0.1) is 0 Å². The number of anilines is 1. The van der Waals surface area contributed by atoms with E-state index in [0.717, 1.165) is 35.1 Å². The lowest BCUT2D eigenvalue weighted by molar-refractivity contribution is -0.120. The summed E-state index contributed by atoms with van der Waals surface area (Å²) in [6.07, 6.45) is 1.67. The van der Waals surface area contributed by atoms with Gasteiger partial charge >= 0.3 is 0 Å². The van der Waals surface area contributed by atoms with Crippen LogP contribution in [0.4, 0.5) is 5.69 Å². The number of sulfonamides is 1. The minimum Gasteiger partial charge on any atom is -0.307 e. The minimum absolute atomic E-state index is 0.0367. The lowest BCUT2D eigenvalue weighted by Crippen LogP contribution is -2.33. The summed E-state index contributed by atoms with van der Waals surface area (Å²) in [6, 6.07) is 22.1. The van der Waals surface area contributed by atoms with Gasteiger partial charge in [-0.1, -0.05) is 54.1 Å². The maximum absolute atomic E-state index is 13.7. The molecule has 33 heavy (non-hydrogen) atoms. The molecule has 0 radical (unpaired) electrons. The summed E-state index contributed by atoms with van der Waals surface area (Å²) in [4.78, 5) is 27.8. The fourth-order valence-corrected chi connectivity index (χ4v) is 5.40. The maximum Gasteiger partial charge on any atom is 0.264 e. The van der Waals surface area contributed by atoms with E-state index in [0.29, 0.717) is 5.02 Å². The summed E-state index contributed by atoms with van der Waals surface area (Å²) in [5, 5.41) is 0.660. The van der Waals surface area contributed by atoms with Crippen LogP contribution in [0.1, 0.15) is 39.4 Å². The topological polar surface area (TPSA) is 83.6 Å². The summed E-state index contributed by atoms with van der Waals surface area (Å²) in [5.74, 6) is -0.580. The molecule has 1 aliphatic heterocycles. The van der Waals surface area contributed by atoms with Gasteiger partial charge < -0.3 is 4.90 Å². The Kier molecular flexibility index (Phi) is 5.06. The molecule has 3 aromatic rings. The molecule has 2 aliphatic rings. The Bertz CT molecular complexity index is 1390. The van der Waals surface area contributed by atoms with E-state index in [2.05, 4.69) is 0 Å². The monoisotopic (exact) mass is 480 g/mol. The molecule has 5 rings (SSSR count). The van der Waals surface area contributed by atoms with Crippen LogP contribution >= 0.6 is 11.6 Å². The van der Waals surface area contributed by atoms with Crippen LogP contribution in [0.2, 0.25) is 5.02 Å². The summed E-state index contributed by atoms with van der Waals surface area (Å²) in [7, 11) is -3.67. The molecule has 1 fully saturated rings. The lowest BCUT2D eigenvalue weighted by atomic mass is 9.92. The van der Waals surface area contributed by atoms with Crippen LogP contribution in [0.5, 0.6) is 0 Å². The van der Waals surface area contributed by atoms with E-state index < -0.39 is 21.3 Å². The number of para-hydroxylation sites is 1. The Morgan fingerprint density at radius 2 is 1.82 bits per heavy atom. The van der Waals surface area contributed by atoms with E-state index in [9.17, 15) is 18.0 Å². The third kappa shape index (κ3) is 3.81. The highest BCUT2D eigenvalue weighted by Gasteiger charge is 2.67. The van der Waals surface area contributed by atoms with Crippen LogP contribution in [-0.2, 0) is 26.8 Å². The molecule has 3 aromatic carbocycles. The molecule has 8 heteroatoms. The van der Waals surface area contributed by atoms with E-state index in [4.69, 9.17) is 11.6 Å². The molecule has 1 heterocycles. The van der Waals surface area contributed by atoms with Gasteiger partial charge in [-0.3, -0.25) is 9.59 Å². The molecule has 2 amide bonds. The number of benzene rings is 3. The van der Waals surface area contributed by atoms with Crippen LogP contribution < -0.4 is 9.62 Å². The average Bonchev–Trinajstić information content (AvgIpc) is 3.48. The average molecular weight is 481 g/mol. The molecule has 0 bridgehead atoms. The molecular weight excluding hydrogens is 460 g/mol. The van der Waals surface area contributed by atoms with Crippen molar-refractivity contribution in [3.8, 4) is 0 Å². The number of halogens is 1. The van der Waals surface area contributed by atoms with Gasteiger partial charge in [0.25, 0.3) is 5.91 Å². The first kappa shape index (κ1) is 21.7. The van der Waals surface area contributed by atoms with Gasteiger partial charge in [0.1, 0.15) is 0 Å². The third-order valence-electron chi connectivity index (χ3n) is 6.34. The normalized spacial score (nSPS) is 21.2. The quantitative estimate of drug-likeness (QED) is 0.598. The molecule has 1 aliphatic carbocycles. The number of nitrogens with one attached hydrogen (secondary N) is 1. The van der Waals surface area contributed by atoms with E-state index in [1.807, 2.05) is 59.3 Å². The molecular formula is C25H21ClN2O4S. The second-order valence-corrected chi connectivity index (χ2v) is 10.8. The summed E-state index contributed by atoms with van der Waals surface area (Å²) >= 11 is 6.04. The lowest BCUT2D eigenvalue weighted by Gasteiger charge is -2.19. The highest BCUT2D eigenvalue weighted by molar-refractivity contribution is 7.89. The van der Waals surface area contributed by atoms with Crippen LogP contribution in [-0.4, -0.2) is 26.5 Å². The number of amides is 2. The number of nitrogens with zero attached hydrogens (tertiary/aromatic N) is 1. The second-order valence-electron chi connectivity index (χ2n) is 8.59. The van der Waals surface area contributed by atoms with Crippen molar-refractivity contribution in [1.82, 2.24) is 4.72 Å². The van der Waals surface area contributed by atoms with Gasteiger partial charge in [-0.25, -0.2) is 13.1 Å². The number of hydrogen-bond acceptors (Lipinski definition) is 4. The van der Waals surface area contributed by atoms with Gasteiger partial charge in [0.2, 0.25) is 15.9 Å². The van der Waals surface area contributed by atoms with Gasteiger partial charge in [0.15, 0.2) is 0 Å². The molecule has 2 unspecified atom stereocenters. The predicted molar refractivity (Wildman–Crippen MR) is 127 cm³/mol. The zero-order valence-corrected chi connectivity index (χ0v) is 19.4. The Hall–Kier alpha value is -3.16. The molecule has 168 valence electrons. The molecule has 2 atom stereocenters. The van der Waals surface area contributed by atoms with Crippen LogP contribution in [0.25, 0.3) is 0 Å². The van der Waals surface area contributed by atoms with Crippen molar-refractivity contribution in [1.29, 1.82) is 0 Å². The Labute approximate surface area is 197 Å². The Balaban J connectivity index is 1.45. The van der Waals surface area contributed by atoms with Crippen molar-refractivity contribution < 1.29 is 18.0 Å². The number of fused-ring (bicyclic) bond motifs is 2. The minimum atomic E-state index is -3.67.